The first-order chi connectivity index (χ1) is 23.7. The molecule has 0 bridgehead atoms. The molecule has 3 aromatic carbocycles. The number of ether oxygens (including phenoxy) is 1. The number of halogens is 9. The van der Waals surface area contributed by atoms with Gasteiger partial charge in [-0.05, 0) is 26.2 Å². The minimum Gasteiger partial charge on any atom is -0.489 e. The van der Waals surface area contributed by atoms with Crippen LogP contribution in [0.25, 0.3) is 0 Å². The lowest BCUT2D eigenvalue weighted by molar-refractivity contribution is -1.01. The Bertz CT molecular complexity index is 1470. The van der Waals surface area contributed by atoms with Gasteiger partial charge in [0, 0.05) is 36.8 Å². The van der Waals surface area contributed by atoms with Gasteiger partial charge in [-0.25, -0.2) is 39.5 Å². The van der Waals surface area contributed by atoms with Crippen LogP contribution in [-0.4, -0.2) is 38.0 Å². The van der Waals surface area contributed by atoms with Crippen molar-refractivity contribution in [2.75, 3.05) is 26.2 Å². The van der Waals surface area contributed by atoms with Crippen molar-refractivity contribution in [3.8, 4) is 17.2 Å². The maximum atomic E-state index is 16.5. The number of rotatable bonds is 20. The fraction of sp³-hybridized carbons (Fsp3) is 0.486. The van der Waals surface area contributed by atoms with Gasteiger partial charge in [0.2, 0.25) is 5.72 Å². The number of nitrogens with zero attached hydrogens (tertiary/aromatic N) is 1. The topological polar surface area (TPSA) is 36.9 Å². The summed E-state index contributed by atoms with van der Waals surface area (Å²) in [6.45, 7) is 10.6. The molecule has 0 saturated carbocycles. The van der Waals surface area contributed by atoms with Crippen LogP contribution in [0.3, 0.4) is 0 Å². The molecule has 0 aliphatic rings. The van der Waals surface area contributed by atoms with E-state index in [1.165, 1.54) is 0 Å². The molecule has 0 aliphatic carbocycles. The third-order valence-corrected chi connectivity index (χ3v) is 8.57. The Morgan fingerprint density at radius 3 is 1.30 bits per heavy atom. The summed E-state index contributed by atoms with van der Waals surface area (Å²) in [6.07, 6.45) is 4.21. The summed E-state index contributed by atoms with van der Waals surface area (Å²) >= 11 is 0. The minimum absolute atomic E-state index is 0.00517. The number of hydrogen-bond donors (Lipinski definition) is 0. The first-order valence-corrected chi connectivity index (χ1v) is 16.7. The van der Waals surface area contributed by atoms with E-state index in [-0.39, 0.29) is 17.5 Å². The van der Waals surface area contributed by atoms with Crippen molar-refractivity contribution in [1.29, 1.82) is 0 Å². The van der Waals surface area contributed by atoms with Crippen LogP contribution in [0.1, 0.15) is 85.1 Å². The largest absolute Gasteiger partial charge is 0.864 e. The number of hydrogen-bond acceptors (Lipinski definition) is 4. The molecule has 15 heteroatoms. The summed E-state index contributed by atoms with van der Waals surface area (Å²) in [5, 5.41) is 0. The van der Waals surface area contributed by atoms with Crippen LogP contribution < -0.4 is 14.0 Å². The Morgan fingerprint density at radius 2 is 0.940 bits per heavy atom. The molecule has 276 valence electrons. The lowest BCUT2D eigenvalue weighted by Gasteiger charge is -2.53. The second-order valence-corrected chi connectivity index (χ2v) is 11.9. The molecule has 0 spiro atoms. The average molecular weight is 723 g/mol. The molecule has 1 unspecified atom stereocenters. The monoisotopic (exact) mass is 722 g/mol. The van der Waals surface area contributed by atoms with Crippen LogP contribution in [0.2, 0.25) is 0 Å². The molecule has 0 amide bonds. The SMILES string of the molecule is CCCC[N+](CCCC)(CCCC)C(CC)(OCC)c1c(OB(Oc2cc(F)c(F)c(F)c2)Oc2cc(F)c(F)c(F)c2)cc(F)c(F)c1F. The molecule has 0 heterocycles. The molecule has 5 nitrogen and oxygen atoms in total. The second kappa shape index (κ2) is 18.1. The normalized spacial score (nSPS) is 12.9. The Balaban J connectivity index is 2.36. The van der Waals surface area contributed by atoms with Crippen molar-refractivity contribution in [3.63, 3.8) is 0 Å². The molecule has 3 aromatic rings. The molecule has 50 heavy (non-hydrogen) atoms. The van der Waals surface area contributed by atoms with Crippen molar-refractivity contribution in [3.05, 3.63) is 88.3 Å². The molecular weight excluding hydrogens is 680 g/mol. The quantitative estimate of drug-likeness (QED) is 0.0383. The van der Waals surface area contributed by atoms with E-state index in [4.69, 9.17) is 18.7 Å². The fourth-order valence-corrected chi connectivity index (χ4v) is 6.19. The molecule has 3 rings (SSSR count). The Hall–Kier alpha value is -3.59. The zero-order valence-corrected chi connectivity index (χ0v) is 28.7. The van der Waals surface area contributed by atoms with Crippen LogP contribution in [0.4, 0.5) is 39.5 Å². The van der Waals surface area contributed by atoms with Crippen LogP contribution in [0.15, 0.2) is 30.3 Å². The molecular formula is C35H42BF9NO4+. The van der Waals surface area contributed by atoms with Gasteiger partial charge < -0.3 is 18.7 Å². The minimum atomic E-state index is -2.40. The summed E-state index contributed by atoms with van der Waals surface area (Å²) in [7, 11) is -2.40. The Kier molecular flexibility index (Phi) is 14.8. The lowest BCUT2D eigenvalue weighted by atomic mass is 9.90. The summed E-state index contributed by atoms with van der Waals surface area (Å²) in [5.41, 5.74) is -2.29. The third kappa shape index (κ3) is 8.82. The summed E-state index contributed by atoms with van der Waals surface area (Å²) in [4.78, 5) is 0. The van der Waals surface area contributed by atoms with E-state index in [9.17, 15) is 26.3 Å². The van der Waals surface area contributed by atoms with E-state index < -0.39 is 88.2 Å². The summed E-state index contributed by atoms with van der Waals surface area (Å²) in [5.74, 6) is -18.0. The van der Waals surface area contributed by atoms with Gasteiger partial charge in [0.25, 0.3) is 0 Å². The second-order valence-electron chi connectivity index (χ2n) is 11.9. The molecule has 0 aromatic heterocycles. The van der Waals surface area contributed by atoms with Gasteiger partial charge in [-0.3, -0.25) is 4.48 Å². The number of unbranched alkanes of at least 4 members (excludes halogenated alkanes) is 3. The first kappa shape index (κ1) is 40.8. The van der Waals surface area contributed by atoms with Gasteiger partial charge in [0.05, 0.1) is 26.2 Å². The van der Waals surface area contributed by atoms with E-state index in [0.717, 1.165) is 19.3 Å². The summed E-state index contributed by atoms with van der Waals surface area (Å²) < 4.78 is 154. The first-order valence-electron chi connectivity index (χ1n) is 16.7. The predicted molar refractivity (Wildman–Crippen MR) is 170 cm³/mol. The molecule has 0 N–H and O–H groups in total. The zero-order valence-electron chi connectivity index (χ0n) is 28.7. The van der Waals surface area contributed by atoms with Crippen molar-refractivity contribution in [2.45, 2.75) is 85.3 Å². The van der Waals surface area contributed by atoms with Gasteiger partial charge in [-0.2, -0.15) is 0 Å². The van der Waals surface area contributed by atoms with Gasteiger partial charge in [-0.15, -0.1) is 0 Å². The number of benzene rings is 3. The standard InChI is InChI=1S/C35H42BF9NO4/c1-6-11-14-46(15-12-7-2,16-13-8-3)35(9-4,47-10-5)30-29(21-28(41)33(44)34(30)45)50-36(48-22-17-24(37)31(42)25(38)18-22)49-23-19-26(39)32(43)27(40)20-23/h17-21H,6-16H2,1-5H3/q+1. The molecule has 0 radical (unpaired) electrons. The highest BCUT2D eigenvalue weighted by Crippen LogP contribution is 2.48. The highest BCUT2D eigenvalue weighted by molar-refractivity contribution is 6.39. The van der Waals surface area contributed by atoms with Crippen LogP contribution >= 0.6 is 0 Å². The summed E-state index contributed by atoms with van der Waals surface area (Å²) in [6, 6.07) is 2.04. The number of quaternary nitrogens is 1. The molecule has 1 atom stereocenters. The van der Waals surface area contributed by atoms with Crippen LogP contribution in [0, 0.1) is 52.4 Å². The van der Waals surface area contributed by atoms with Crippen molar-refractivity contribution >= 4 is 7.32 Å². The predicted octanol–water partition coefficient (Wildman–Crippen LogP) is 10.3. The Labute approximate surface area is 287 Å². The average Bonchev–Trinajstić information content (AvgIpc) is 3.07. The van der Waals surface area contributed by atoms with Crippen LogP contribution in [0.5, 0.6) is 17.2 Å². The van der Waals surface area contributed by atoms with E-state index in [2.05, 4.69) is 0 Å². The highest BCUT2D eigenvalue weighted by Gasteiger charge is 2.56. The van der Waals surface area contributed by atoms with Gasteiger partial charge in [-0.1, -0.05) is 47.0 Å². The van der Waals surface area contributed by atoms with Gasteiger partial charge in [0.15, 0.2) is 52.4 Å². The maximum absolute atomic E-state index is 16.5. The van der Waals surface area contributed by atoms with E-state index in [1.54, 1.807) is 13.8 Å². The highest BCUT2D eigenvalue weighted by atomic mass is 19.2. The van der Waals surface area contributed by atoms with Crippen LogP contribution in [-0.2, 0) is 10.5 Å². The molecule has 0 aliphatic heterocycles. The smallest absolute Gasteiger partial charge is 0.489 e. The van der Waals surface area contributed by atoms with Gasteiger partial charge in [0.1, 0.15) is 22.8 Å². The fourth-order valence-electron chi connectivity index (χ4n) is 6.19. The van der Waals surface area contributed by atoms with E-state index in [0.29, 0.717) is 69.2 Å². The molecule has 0 saturated heterocycles. The maximum Gasteiger partial charge on any atom is 0.864 e. The van der Waals surface area contributed by atoms with Gasteiger partial charge >= 0.3 is 7.32 Å². The van der Waals surface area contributed by atoms with Crippen molar-refractivity contribution in [2.24, 2.45) is 0 Å². The molecule has 0 fully saturated rings. The third-order valence-electron chi connectivity index (χ3n) is 8.57. The lowest BCUT2D eigenvalue weighted by Crippen LogP contribution is -2.65. The zero-order chi connectivity index (χ0) is 37.2. The Morgan fingerprint density at radius 1 is 0.540 bits per heavy atom. The van der Waals surface area contributed by atoms with E-state index >= 15 is 13.2 Å². The van der Waals surface area contributed by atoms with Crippen molar-refractivity contribution in [1.82, 2.24) is 0 Å². The van der Waals surface area contributed by atoms with Crippen molar-refractivity contribution < 1.29 is 62.7 Å². The van der Waals surface area contributed by atoms with E-state index in [1.807, 2.05) is 20.8 Å².